The third-order valence-corrected chi connectivity index (χ3v) is 3.96. The predicted molar refractivity (Wildman–Crippen MR) is 79.8 cm³/mol. The molecule has 1 aromatic rings. The Labute approximate surface area is 117 Å². The number of allylic oxidation sites excluding steroid dienone is 3. The molecule has 0 N–H and O–H groups in total. The Morgan fingerprint density at radius 2 is 2.26 bits per heavy atom. The zero-order valence-electron chi connectivity index (χ0n) is 11.3. The summed E-state index contributed by atoms with van der Waals surface area (Å²) in [5, 5.41) is 0.967. The molecule has 0 aliphatic carbocycles. The Bertz CT molecular complexity index is 549. The van der Waals surface area contributed by atoms with Crippen LogP contribution < -0.4 is 9.64 Å². The SMILES string of the molecule is C/C=C/C(=O)/C=C1/Sc2ccc(OC)cc2N1CC. The first-order valence-electron chi connectivity index (χ1n) is 6.21. The highest BCUT2D eigenvalue weighted by molar-refractivity contribution is 8.03. The number of anilines is 1. The van der Waals surface area contributed by atoms with Crippen molar-refractivity contribution in [1.29, 1.82) is 0 Å². The van der Waals surface area contributed by atoms with Crippen LogP contribution >= 0.6 is 11.8 Å². The van der Waals surface area contributed by atoms with E-state index in [4.69, 9.17) is 4.74 Å². The van der Waals surface area contributed by atoms with E-state index >= 15 is 0 Å². The van der Waals surface area contributed by atoms with E-state index in [0.29, 0.717) is 0 Å². The maximum absolute atomic E-state index is 11.7. The van der Waals surface area contributed by atoms with Gasteiger partial charge in [0.15, 0.2) is 5.78 Å². The molecule has 4 heteroatoms. The Balaban J connectivity index is 2.35. The molecule has 0 saturated carbocycles. The number of carbonyl (C=O) groups is 1. The maximum atomic E-state index is 11.7. The van der Waals surface area contributed by atoms with Gasteiger partial charge in [-0.3, -0.25) is 4.79 Å². The number of rotatable bonds is 4. The number of nitrogens with zero attached hydrogens (tertiary/aromatic N) is 1. The first-order chi connectivity index (χ1) is 9.19. The van der Waals surface area contributed by atoms with Crippen LogP contribution in [0.25, 0.3) is 0 Å². The first-order valence-corrected chi connectivity index (χ1v) is 7.03. The highest BCUT2D eigenvalue weighted by Crippen LogP contribution is 2.47. The second kappa shape index (κ2) is 5.97. The molecule has 0 aromatic heterocycles. The summed E-state index contributed by atoms with van der Waals surface area (Å²) in [7, 11) is 1.66. The second-order valence-corrected chi connectivity index (χ2v) is 5.13. The van der Waals surface area contributed by atoms with Crippen LogP contribution in [0.15, 0.2) is 46.4 Å². The van der Waals surface area contributed by atoms with Crippen molar-refractivity contribution in [3.63, 3.8) is 0 Å². The Morgan fingerprint density at radius 1 is 1.47 bits per heavy atom. The number of ether oxygens (including phenoxy) is 1. The van der Waals surface area contributed by atoms with E-state index in [9.17, 15) is 4.79 Å². The average Bonchev–Trinajstić information content (AvgIpc) is 2.74. The van der Waals surface area contributed by atoms with Crippen LogP contribution in [0.4, 0.5) is 5.69 Å². The zero-order chi connectivity index (χ0) is 13.8. The average molecular weight is 275 g/mol. The number of hydrogen-bond acceptors (Lipinski definition) is 4. The standard InChI is InChI=1S/C15H17NO2S/c1-4-6-11(17)9-15-16(5-2)13-10-12(18-3)7-8-14(13)19-15/h4,6-10H,5H2,1-3H3/b6-4+,15-9+. The molecule has 0 amide bonds. The summed E-state index contributed by atoms with van der Waals surface area (Å²) in [5.41, 5.74) is 1.10. The van der Waals surface area contributed by atoms with Gasteiger partial charge in [-0.1, -0.05) is 17.8 Å². The van der Waals surface area contributed by atoms with Gasteiger partial charge in [-0.05, 0) is 32.1 Å². The third-order valence-electron chi connectivity index (χ3n) is 2.85. The number of methoxy groups -OCH3 is 1. The van der Waals surface area contributed by atoms with Crippen molar-refractivity contribution in [3.8, 4) is 5.75 Å². The van der Waals surface area contributed by atoms with Crippen molar-refractivity contribution in [3.05, 3.63) is 41.5 Å². The molecule has 100 valence electrons. The molecule has 1 heterocycles. The molecule has 0 fully saturated rings. The fourth-order valence-corrected chi connectivity index (χ4v) is 3.12. The molecule has 19 heavy (non-hydrogen) atoms. The molecular formula is C15H17NO2S. The lowest BCUT2D eigenvalue weighted by atomic mass is 10.2. The van der Waals surface area contributed by atoms with Crippen LogP contribution in [-0.2, 0) is 4.79 Å². The molecule has 0 bridgehead atoms. The summed E-state index contributed by atoms with van der Waals surface area (Å²) in [4.78, 5) is 15.0. The topological polar surface area (TPSA) is 29.5 Å². The number of ketones is 1. The van der Waals surface area contributed by atoms with Crippen molar-refractivity contribution in [2.75, 3.05) is 18.6 Å². The molecule has 1 aliphatic rings. The molecule has 0 unspecified atom stereocenters. The zero-order valence-corrected chi connectivity index (χ0v) is 12.2. The lowest BCUT2D eigenvalue weighted by Crippen LogP contribution is -2.17. The number of carbonyl (C=O) groups excluding carboxylic acids is 1. The Hall–Kier alpha value is -1.68. The monoisotopic (exact) mass is 275 g/mol. The molecule has 2 rings (SSSR count). The minimum atomic E-state index is 0.0169. The normalized spacial score (nSPS) is 16.2. The van der Waals surface area contributed by atoms with E-state index in [1.165, 1.54) is 0 Å². The van der Waals surface area contributed by atoms with Crippen molar-refractivity contribution >= 4 is 23.2 Å². The molecule has 0 radical (unpaired) electrons. The lowest BCUT2D eigenvalue weighted by Gasteiger charge is -2.18. The number of fused-ring (bicyclic) bond motifs is 1. The summed E-state index contributed by atoms with van der Waals surface area (Å²) in [5.74, 6) is 0.849. The minimum absolute atomic E-state index is 0.0169. The lowest BCUT2D eigenvalue weighted by molar-refractivity contribution is -0.110. The third kappa shape index (κ3) is 2.84. The van der Waals surface area contributed by atoms with Gasteiger partial charge in [-0.2, -0.15) is 0 Å². The van der Waals surface area contributed by atoms with Crippen LogP contribution in [0.2, 0.25) is 0 Å². The largest absolute Gasteiger partial charge is 0.497 e. The van der Waals surface area contributed by atoms with Crippen molar-refractivity contribution in [2.45, 2.75) is 18.7 Å². The highest BCUT2D eigenvalue weighted by Gasteiger charge is 2.24. The van der Waals surface area contributed by atoms with Crippen LogP contribution in [0.1, 0.15) is 13.8 Å². The molecule has 3 nitrogen and oxygen atoms in total. The van der Waals surface area contributed by atoms with E-state index in [1.54, 1.807) is 37.1 Å². The van der Waals surface area contributed by atoms with Gasteiger partial charge in [0.2, 0.25) is 0 Å². The summed E-state index contributed by atoms with van der Waals surface area (Å²) >= 11 is 1.62. The minimum Gasteiger partial charge on any atom is -0.497 e. The maximum Gasteiger partial charge on any atom is 0.180 e. The van der Waals surface area contributed by atoms with Crippen LogP contribution in [-0.4, -0.2) is 19.4 Å². The molecule has 0 atom stereocenters. The summed E-state index contributed by atoms with van der Waals surface area (Å²) in [6.45, 7) is 4.74. The van der Waals surface area contributed by atoms with Gasteiger partial charge in [0.25, 0.3) is 0 Å². The fraction of sp³-hybridized carbons (Fsp3) is 0.267. The molecule has 0 saturated heterocycles. The van der Waals surface area contributed by atoms with Gasteiger partial charge in [-0.15, -0.1) is 0 Å². The van der Waals surface area contributed by atoms with E-state index in [0.717, 1.165) is 27.9 Å². The highest BCUT2D eigenvalue weighted by atomic mass is 32.2. The van der Waals surface area contributed by atoms with Crippen LogP contribution in [0.5, 0.6) is 5.75 Å². The van der Waals surface area contributed by atoms with E-state index in [2.05, 4.69) is 11.8 Å². The first kappa shape index (κ1) is 13.7. The Morgan fingerprint density at radius 3 is 2.89 bits per heavy atom. The Kier molecular flexibility index (Phi) is 4.32. The second-order valence-electron chi connectivity index (χ2n) is 4.06. The van der Waals surface area contributed by atoms with Gasteiger partial charge < -0.3 is 9.64 Å². The van der Waals surface area contributed by atoms with Gasteiger partial charge in [0.05, 0.1) is 17.8 Å². The summed E-state index contributed by atoms with van der Waals surface area (Å²) in [6.07, 6.45) is 5.01. The van der Waals surface area contributed by atoms with Gasteiger partial charge in [-0.25, -0.2) is 0 Å². The van der Waals surface area contributed by atoms with Gasteiger partial charge >= 0.3 is 0 Å². The molecule has 1 aliphatic heterocycles. The van der Waals surface area contributed by atoms with E-state index in [1.807, 2.05) is 25.1 Å². The van der Waals surface area contributed by atoms with E-state index < -0.39 is 0 Å². The smallest absolute Gasteiger partial charge is 0.180 e. The quantitative estimate of drug-likeness (QED) is 0.785. The fourth-order valence-electron chi connectivity index (χ4n) is 1.98. The van der Waals surface area contributed by atoms with Crippen molar-refractivity contribution in [1.82, 2.24) is 0 Å². The number of thioether (sulfide) groups is 1. The van der Waals surface area contributed by atoms with Crippen molar-refractivity contribution < 1.29 is 9.53 Å². The van der Waals surface area contributed by atoms with Crippen LogP contribution in [0.3, 0.4) is 0 Å². The molecular weight excluding hydrogens is 258 g/mol. The van der Waals surface area contributed by atoms with Crippen molar-refractivity contribution in [2.24, 2.45) is 0 Å². The number of benzene rings is 1. The summed E-state index contributed by atoms with van der Waals surface area (Å²) in [6, 6.07) is 5.98. The van der Waals surface area contributed by atoms with Gasteiger partial charge in [0.1, 0.15) is 5.75 Å². The molecule has 0 spiro atoms. The number of hydrogen-bond donors (Lipinski definition) is 0. The molecule has 1 aromatic carbocycles. The summed E-state index contributed by atoms with van der Waals surface area (Å²) < 4.78 is 5.25. The van der Waals surface area contributed by atoms with Crippen LogP contribution in [0, 0.1) is 0 Å². The van der Waals surface area contributed by atoms with Gasteiger partial charge in [0, 0.05) is 23.6 Å². The predicted octanol–water partition coefficient (Wildman–Crippen LogP) is 3.61. The van der Waals surface area contributed by atoms with E-state index in [-0.39, 0.29) is 5.78 Å².